The Morgan fingerprint density at radius 2 is 1.76 bits per heavy atom. The smallest absolute Gasteiger partial charge is 0.0662 e. The molecule has 0 aromatic heterocycles. The van der Waals surface area contributed by atoms with Crippen molar-refractivity contribution in [2.45, 2.75) is 61.7 Å². The molecule has 0 amide bonds. The van der Waals surface area contributed by atoms with Gasteiger partial charge < -0.3 is 5.11 Å². The van der Waals surface area contributed by atoms with Gasteiger partial charge in [-0.25, -0.2) is 0 Å². The molecule has 17 heavy (non-hydrogen) atoms. The Labute approximate surface area is 109 Å². The average molecular weight is 250 g/mol. The van der Waals surface area contributed by atoms with Crippen molar-refractivity contribution in [2.75, 3.05) is 0 Å². The molecule has 0 aliphatic heterocycles. The van der Waals surface area contributed by atoms with Crippen LogP contribution in [0.4, 0.5) is 0 Å². The molecule has 1 aliphatic rings. The topological polar surface area (TPSA) is 20.2 Å². The number of rotatable bonds is 2. The molecule has 94 valence electrons. The first-order chi connectivity index (χ1) is 7.97. The molecular weight excluding hydrogens is 228 g/mol. The average Bonchev–Trinajstić information content (AvgIpc) is 2.64. The zero-order valence-corrected chi connectivity index (χ0v) is 11.8. The highest BCUT2D eigenvalue weighted by Gasteiger charge is 2.26. The lowest BCUT2D eigenvalue weighted by molar-refractivity contribution is 0.188. The van der Waals surface area contributed by atoms with E-state index < -0.39 is 0 Å². The molecule has 1 aliphatic carbocycles. The van der Waals surface area contributed by atoms with E-state index in [2.05, 4.69) is 45.0 Å². The first-order valence-corrected chi connectivity index (χ1v) is 7.30. The van der Waals surface area contributed by atoms with E-state index in [1.54, 1.807) is 0 Å². The van der Waals surface area contributed by atoms with E-state index in [-0.39, 0.29) is 11.5 Å². The van der Waals surface area contributed by atoms with Crippen LogP contribution in [-0.4, -0.2) is 16.5 Å². The predicted molar refractivity (Wildman–Crippen MR) is 74.6 cm³/mol. The normalized spacial score (nSPS) is 25.2. The van der Waals surface area contributed by atoms with Crippen LogP contribution in [0.2, 0.25) is 0 Å². The number of benzene rings is 1. The van der Waals surface area contributed by atoms with Gasteiger partial charge in [0.15, 0.2) is 0 Å². The highest BCUT2D eigenvalue weighted by molar-refractivity contribution is 8.00. The lowest BCUT2D eigenvalue weighted by Crippen LogP contribution is -2.15. The Hall–Kier alpha value is -0.470. The Bertz CT molecular complexity index is 364. The van der Waals surface area contributed by atoms with Gasteiger partial charge in [0.25, 0.3) is 0 Å². The molecule has 2 heteroatoms. The summed E-state index contributed by atoms with van der Waals surface area (Å²) < 4.78 is 0. The van der Waals surface area contributed by atoms with E-state index in [1.165, 1.54) is 16.9 Å². The molecule has 1 N–H and O–H groups in total. The molecule has 1 saturated carbocycles. The van der Waals surface area contributed by atoms with Gasteiger partial charge in [0.05, 0.1) is 6.10 Å². The maximum atomic E-state index is 9.81. The lowest BCUT2D eigenvalue weighted by atomic mass is 9.87. The van der Waals surface area contributed by atoms with Gasteiger partial charge in [-0.2, -0.15) is 0 Å². The van der Waals surface area contributed by atoms with E-state index in [1.807, 2.05) is 11.8 Å². The van der Waals surface area contributed by atoms with E-state index >= 15 is 0 Å². The van der Waals surface area contributed by atoms with Gasteiger partial charge in [-0.15, -0.1) is 11.8 Å². The van der Waals surface area contributed by atoms with E-state index in [4.69, 9.17) is 0 Å². The minimum absolute atomic E-state index is 0.109. The highest BCUT2D eigenvalue weighted by atomic mass is 32.2. The molecular formula is C15H22OS. The Kier molecular flexibility index (Phi) is 3.84. The fourth-order valence-corrected chi connectivity index (χ4v) is 3.47. The summed E-state index contributed by atoms with van der Waals surface area (Å²) in [6, 6.07) is 8.81. The summed E-state index contributed by atoms with van der Waals surface area (Å²) in [4.78, 5) is 1.28. The van der Waals surface area contributed by atoms with Crippen LogP contribution in [0.5, 0.6) is 0 Å². The highest BCUT2D eigenvalue weighted by Crippen LogP contribution is 2.35. The van der Waals surface area contributed by atoms with Crippen LogP contribution in [0, 0.1) is 0 Å². The van der Waals surface area contributed by atoms with Crippen molar-refractivity contribution in [1.82, 2.24) is 0 Å². The van der Waals surface area contributed by atoms with Crippen molar-refractivity contribution < 1.29 is 5.11 Å². The van der Waals surface area contributed by atoms with Crippen molar-refractivity contribution in [3.8, 4) is 0 Å². The van der Waals surface area contributed by atoms with Gasteiger partial charge in [-0.1, -0.05) is 32.9 Å². The minimum Gasteiger partial charge on any atom is -0.392 e. The van der Waals surface area contributed by atoms with Crippen LogP contribution in [0.25, 0.3) is 0 Å². The van der Waals surface area contributed by atoms with Crippen LogP contribution in [-0.2, 0) is 5.41 Å². The molecule has 2 atom stereocenters. The monoisotopic (exact) mass is 250 g/mol. The minimum atomic E-state index is -0.109. The van der Waals surface area contributed by atoms with Gasteiger partial charge in [0.2, 0.25) is 0 Å². The van der Waals surface area contributed by atoms with Gasteiger partial charge in [0.1, 0.15) is 0 Å². The summed E-state index contributed by atoms with van der Waals surface area (Å²) in [7, 11) is 0. The number of hydrogen-bond donors (Lipinski definition) is 1. The maximum Gasteiger partial charge on any atom is 0.0662 e. The number of hydrogen-bond acceptors (Lipinski definition) is 2. The van der Waals surface area contributed by atoms with Crippen LogP contribution >= 0.6 is 11.8 Å². The summed E-state index contributed by atoms with van der Waals surface area (Å²) in [5.74, 6) is 0. The van der Waals surface area contributed by atoms with Crippen molar-refractivity contribution in [2.24, 2.45) is 0 Å². The van der Waals surface area contributed by atoms with Gasteiger partial charge in [0, 0.05) is 10.1 Å². The van der Waals surface area contributed by atoms with Crippen molar-refractivity contribution >= 4 is 11.8 Å². The molecule has 0 bridgehead atoms. The second kappa shape index (κ2) is 5.03. The second-order valence-corrected chi connectivity index (χ2v) is 7.24. The summed E-state index contributed by atoms with van der Waals surface area (Å²) in [6.07, 6.45) is 3.17. The van der Waals surface area contributed by atoms with Crippen molar-refractivity contribution in [3.05, 3.63) is 29.8 Å². The quantitative estimate of drug-likeness (QED) is 0.856. The molecule has 2 rings (SSSR count). The molecule has 1 aromatic carbocycles. The Balaban J connectivity index is 2.03. The van der Waals surface area contributed by atoms with Crippen LogP contribution < -0.4 is 0 Å². The summed E-state index contributed by atoms with van der Waals surface area (Å²) >= 11 is 1.83. The van der Waals surface area contributed by atoms with E-state index in [9.17, 15) is 5.11 Å². The molecule has 0 heterocycles. The predicted octanol–water partition coefficient (Wildman–Crippen LogP) is 3.99. The fourth-order valence-electron chi connectivity index (χ4n) is 2.25. The van der Waals surface area contributed by atoms with Gasteiger partial charge in [-0.3, -0.25) is 0 Å². The SMILES string of the molecule is CC(C)(C)c1ccc(SC2CCCC2O)cc1. The van der Waals surface area contributed by atoms with E-state index in [0.717, 1.165) is 12.8 Å². The molecule has 1 aromatic rings. The molecule has 0 spiro atoms. The lowest BCUT2D eigenvalue weighted by Gasteiger charge is -2.20. The molecule has 2 unspecified atom stereocenters. The van der Waals surface area contributed by atoms with Crippen LogP contribution in [0.3, 0.4) is 0 Å². The Morgan fingerprint density at radius 1 is 1.12 bits per heavy atom. The van der Waals surface area contributed by atoms with Crippen LogP contribution in [0.1, 0.15) is 45.6 Å². The second-order valence-electron chi connectivity index (χ2n) is 5.93. The molecule has 0 radical (unpaired) electrons. The first-order valence-electron chi connectivity index (χ1n) is 6.42. The summed E-state index contributed by atoms with van der Waals surface area (Å²) in [5.41, 5.74) is 1.59. The number of aliphatic hydroxyl groups is 1. The zero-order chi connectivity index (χ0) is 12.5. The molecule has 0 saturated heterocycles. The number of thioether (sulfide) groups is 1. The third kappa shape index (κ3) is 3.26. The Morgan fingerprint density at radius 3 is 2.24 bits per heavy atom. The standard InChI is InChI=1S/C15H22OS/c1-15(2,3)11-7-9-12(10-8-11)17-14-6-4-5-13(14)16/h7-10,13-14,16H,4-6H2,1-3H3. The van der Waals surface area contributed by atoms with Gasteiger partial charge >= 0.3 is 0 Å². The molecule has 1 fully saturated rings. The third-order valence-electron chi connectivity index (χ3n) is 3.43. The van der Waals surface area contributed by atoms with E-state index in [0.29, 0.717) is 5.25 Å². The van der Waals surface area contributed by atoms with Crippen molar-refractivity contribution in [1.29, 1.82) is 0 Å². The zero-order valence-electron chi connectivity index (χ0n) is 10.9. The summed E-state index contributed by atoms with van der Waals surface area (Å²) in [6.45, 7) is 6.70. The fraction of sp³-hybridized carbons (Fsp3) is 0.600. The van der Waals surface area contributed by atoms with Gasteiger partial charge in [-0.05, 0) is 42.4 Å². The van der Waals surface area contributed by atoms with Crippen molar-refractivity contribution in [3.63, 3.8) is 0 Å². The summed E-state index contributed by atoms with van der Waals surface area (Å²) in [5, 5.41) is 10.2. The van der Waals surface area contributed by atoms with Crippen LogP contribution in [0.15, 0.2) is 29.2 Å². The first kappa shape index (κ1) is 13.0. The largest absolute Gasteiger partial charge is 0.392 e. The number of aliphatic hydroxyl groups excluding tert-OH is 1. The maximum absolute atomic E-state index is 9.81. The third-order valence-corrected chi connectivity index (χ3v) is 4.82. The molecule has 1 nitrogen and oxygen atoms in total.